The molecule has 0 spiro atoms. The van der Waals surface area contributed by atoms with Crippen LogP contribution in [0.3, 0.4) is 0 Å². The van der Waals surface area contributed by atoms with E-state index < -0.39 is 10.8 Å². The molecule has 0 aliphatic heterocycles. The average molecular weight is 260 g/mol. The number of carbonyl (C=O) groups excluding carboxylic acids is 1. The van der Waals surface area contributed by atoms with Crippen LogP contribution in [-0.4, -0.2) is 22.0 Å². The van der Waals surface area contributed by atoms with Crippen LogP contribution >= 0.6 is 0 Å². The van der Waals surface area contributed by atoms with Crippen molar-refractivity contribution < 1.29 is 9.00 Å². The van der Waals surface area contributed by atoms with Crippen LogP contribution in [0.5, 0.6) is 0 Å². The summed E-state index contributed by atoms with van der Waals surface area (Å²) >= 11 is 0. The third-order valence-electron chi connectivity index (χ3n) is 2.92. The molecular formula is C14H28O2S. The second kappa shape index (κ2) is 12.3. The summed E-state index contributed by atoms with van der Waals surface area (Å²) in [5, 5.41) is 0. The van der Waals surface area contributed by atoms with Gasteiger partial charge in [0.05, 0.1) is 5.75 Å². The molecule has 0 radical (unpaired) electrons. The van der Waals surface area contributed by atoms with Gasteiger partial charge in [0.2, 0.25) is 0 Å². The minimum Gasteiger partial charge on any atom is -0.299 e. The summed E-state index contributed by atoms with van der Waals surface area (Å²) in [6.07, 6.45) is 13.6. The van der Waals surface area contributed by atoms with Gasteiger partial charge in [-0.15, -0.1) is 0 Å². The second-order valence-corrected chi connectivity index (χ2v) is 6.27. The Labute approximate surface area is 109 Å². The first-order valence-corrected chi connectivity index (χ1v) is 8.71. The van der Waals surface area contributed by atoms with Crippen molar-refractivity contribution in [3.8, 4) is 0 Å². The van der Waals surface area contributed by atoms with Gasteiger partial charge in [-0.2, -0.15) is 0 Å². The van der Waals surface area contributed by atoms with E-state index in [0.717, 1.165) is 12.8 Å². The monoisotopic (exact) mass is 260 g/mol. The van der Waals surface area contributed by atoms with Crippen LogP contribution in [0.4, 0.5) is 0 Å². The lowest BCUT2D eigenvalue weighted by Gasteiger charge is -2.01. The predicted octanol–water partition coefficient (Wildman–Crippen LogP) is 3.85. The van der Waals surface area contributed by atoms with Crippen molar-refractivity contribution in [3.05, 3.63) is 0 Å². The summed E-state index contributed by atoms with van der Waals surface area (Å²) in [7, 11) is -0.959. The molecule has 0 amide bonds. The van der Waals surface area contributed by atoms with Crippen molar-refractivity contribution >= 4 is 16.6 Å². The van der Waals surface area contributed by atoms with Gasteiger partial charge in [0.1, 0.15) is 5.78 Å². The molecule has 0 aromatic heterocycles. The highest BCUT2D eigenvalue weighted by molar-refractivity contribution is 7.85. The van der Waals surface area contributed by atoms with E-state index in [0.29, 0.717) is 6.42 Å². The Morgan fingerprint density at radius 2 is 1.35 bits per heavy atom. The standard InChI is InChI=1S/C14H28O2S/c1-3-4-5-6-7-8-9-10-11-12-14(15)13-17(2)16/h3-13H2,1-2H3. The number of rotatable bonds is 12. The molecule has 0 N–H and O–H groups in total. The van der Waals surface area contributed by atoms with Gasteiger partial charge in [0.25, 0.3) is 0 Å². The van der Waals surface area contributed by atoms with Crippen LogP contribution in [0.15, 0.2) is 0 Å². The number of hydrogen-bond acceptors (Lipinski definition) is 2. The summed E-state index contributed by atoms with van der Waals surface area (Å²) in [5.41, 5.74) is 0. The van der Waals surface area contributed by atoms with Gasteiger partial charge in [-0.3, -0.25) is 9.00 Å². The highest BCUT2D eigenvalue weighted by Crippen LogP contribution is 2.10. The second-order valence-electron chi connectivity index (χ2n) is 4.83. The average Bonchev–Trinajstić information content (AvgIpc) is 2.26. The zero-order chi connectivity index (χ0) is 12.9. The molecule has 1 atom stereocenters. The van der Waals surface area contributed by atoms with E-state index in [4.69, 9.17) is 0 Å². The summed E-state index contributed by atoms with van der Waals surface area (Å²) in [6, 6.07) is 0. The van der Waals surface area contributed by atoms with Gasteiger partial charge in [-0.25, -0.2) is 0 Å². The molecule has 0 bridgehead atoms. The van der Waals surface area contributed by atoms with Crippen LogP contribution in [0.25, 0.3) is 0 Å². The van der Waals surface area contributed by atoms with E-state index in [1.54, 1.807) is 6.26 Å². The van der Waals surface area contributed by atoms with E-state index in [1.165, 1.54) is 44.9 Å². The Kier molecular flexibility index (Phi) is 12.2. The predicted molar refractivity (Wildman–Crippen MR) is 75.8 cm³/mol. The van der Waals surface area contributed by atoms with Crippen LogP contribution in [0.2, 0.25) is 0 Å². The molecule has 1 unspecified atom stereocenters. The lowest BCUT2D eigenvalue weighted by atomic mass is 10.1. The zero-order valence-corrected chi connectivity index (χ0v) is 12.3. The first-order chi connectivity index (χ1) is 8.16. The third-order valence-corrected chi connectivity index (χ3v) is 3.65. The normalized spacial score (nSPS) is 12.6. The fraction of sp³-hybridized carbons (Fsp3) is 0.929. The van der Waals surface area contributed by atoms with Crippen molar-refractivity contribution in [2.24, 2.45) is 0 Å². The zero-order valence-electron chi connectivity index (χ0n) is 11.5. The minimum atomic E-state index is -0.959. The Morgan fingerprint density at radius 3 is 1.82 bits per heavy atom. The lowest BCUT2D eigenvalue weighted by Crippen LogP contribution is -2.08. The molecule has 3 heteroatoms. The molecule has 17 heavy (non-hydrogen) atoms. The van der Waals surface area contributed by atoms with Gasteiger partial charge in [0, 0.05) is 23.5 Å². The highest BCUT2D eigenvalue weighted by Gasteiger charge is 2.03. The van der Waals surface area contributed by atoms with E-state index >= 15 is 0 Å². The Hall–Kier alpha value is -0.180. The summed E-state index contributed by atoms with van der Waals surface area (Å²) in [4.78, 5) is 11.3. The molecule has 2 nitrogen and oxygen atoms in total. The minimum absolute atomic E-state index is 0.161. The van der Waals surface area contributed by atoms with Crippen molar-refractivity contribution in [1.82, 2.24) is 0 Å². The van der Waals surface area contributed by atoms with Gasteiger partial charge in [0.15, 0.2) is 0 Å². The molecule has 0 aliphatic carbocycles. The maximum absolute atomic E-state index is 11.3. The van der Waals surface area contributed by atoms with Crippen LogP contribution in [0.1, 0.15) is 71.1 Å². The molecule has 0 aliphatic rings. The Morgan fingerprint density at radius 1 is 0.882 bits per heavy atom. The topological polar surface area (TPSA) is 34.1 Å². The van der Waals surface area contributed by atoms with Crippen LogP contribution < -0.4 is 0 Å². The molecule has 0 rings (SSSR count). The maximum atomic E-state index is 11.3. The number of hydrogen-bond donors (Lipinski definition) is 0. The summed E-state index contributed by atoms with van der Waals surface area (Å²) in [5.74, 6) is 0.408. The molecule has 0 heterocycles. The van der Waals surface area contributed by atoms with Crippen molar-refractivity contribution in [3.63, 3.8) is 0 Å². The SMILES string of the molecule is CCCCCCCCCCCC(=O)CS(C)=O. The first kappa shape index (κ1) is 16.8. The highest BCUT2D eigenvalue weighted by atomic mass is 32.2. The number of carbonyl (C=O) groups is 1. The third kappa shape index (κ3) is 13.8. The van der Waals surface area contributed by atoms with Crippen LogP contribution in [0, 0.1) is 0 Å². The first-order valence-electron chi connectivity index (χ1n) is 6.98. The fourth-order valence-electron chi connectivity index (χ4n) is 1.93. The Balaban J connectivity index is 3.13. The van der Waals surface area contributed by atoms with Gasteiger partial charge >= 0.3 is 0 Å². The van der Waals surface area contributed by atoms with E-state index in [1.807, 2.05) is 0 Å². The lowest BCUT2D eigenvalue weighted by molar-refractivity contribution is -0.116. The van der Waals surface area contributed by atoms with E-state index in [9.17, 15) is 9.00 Å². The van der Waals surface area contributed by atoms with Crippen molar-refractivity contribution in [1.29, 1.82) is 0 Å². The van der Waals surface area contributed by atoms with Crippen molar-refractivity contribution in [2.75, 3.05) is 12.0 Å². The van der Waals surface area contributed by atoms with Gasteiger partial charge in [-0.05, 0) is 6.42 Å². The molecule has 0 saturated heterocycles. The number of ketones is 1. The van der Waals surface area contributed by atoms with E-state index in [2.05, 4.69) is 6.92 Å². The number of Topliss-reactive ketones (excluding diaryl/α,β-unsaturated/α-hetero) is 1. The summed E-state index contributed by atoms with van der Waals surface area (Å²) < 4.78 is 10.8. The molecule has 0 aromatic rings. The molecule has 102 valence electrons. The molecule has 0 saturated carbocycles. The van der Waals surface area contributed by atoms with Gasteiger partial charge < -0.3 is 0 Å². The molecule has 0 fully saturated rings. The quantitative estimate of drug-likeness (QED) is 0.499. The Bertz CT molecular complexity index is 214. The van der Waals surface area contributed by atoms with E-state index in [-0.39, 0.29) is 11.5 Å². The largest absolute Gasteiger partial charge is 0.299 e. The van der Waals surface area contributed by atoms with Crippen molar-refractivity contribution in [2.45, 2.75) is 71.1 Å². The number of unbranched alkanes of at least 4 members (excludes halogenated alkanes) is 8. The smallest absolute Gasteiger partial charge is 0.145 e. The molecular weight excluding hydrogens is 232 g/mol. The molecule has 0 aromatic carbocycles. The maximum Gasteiger partial charge on any atom is 0.145 e. The van der Waals surface area contributed by atoms with Crippen LogP contribution in [-0.2, 0) is 15.6 Å². The fourth-order valence-corrected chi connectivity index (χ4v) is 2.53. The van der Waals surface area contributed by atoms with Gasteiger partial charge in [-0.1, -0.05) is 58.3 Å². The summed E-state index contributed by atoms with van der Waals surface area (Å²) in [6.45, 7) is 2.24.